The van der Waals surface area contributed by atoms with E-state index in [0.29, 0.717) is 20.8 Å². The Bertz CT molecular complexity index is 598. The van der Waals surface area contributed by atoms with Gasteiger partial charge in [0.15, 0.2) is 0 Å². The van der Waals surface area contributed by atoms with Crippen LogP contribution in [0.5, 0.6) is 11.5 Å². The van der Waals surface area contributed by atoms with Crippen LogP contribution in [-0.2, 0) is 0 Å². The summed E-state index contributed by atoms with van der Waals surface area (Å²) in [6.07, 6.45) is 1.94. The largest absolute Gasteiger partial charge is 0.507 e. The van der Waals surface area contributed by atoms with E-state index in [1.807, 2.05) is 24.3 Å². The van der Waals surface area contributed by atoms with Gasteiger partial charge < -0.3 is 10.2 Å². The number of rotatable bonds is 5. The third kappa shape index (κ3) is 3.66. The van der Waals surface area contributed by atoms with Crippen LogP contribution in [0.3, 0.4) is 0 Å². The first-order chi connectivity index (χ1) is 10.5. The molecule has 0 saturated carbocycles. The lowest BCUT2D eigenvalue weighted by Crippen LogP contribution is -2.10. The highest BCUT2D eigenvalue weighted by Gasteiger charge is 2.23. The zero-order valence-electron chi connectivity index (χ0n) is 12.7. The van der Waals surface area contributed by atoms with Gasteiger partial charge in [0.05, 0.1) is 8.95 Å². The van der Waals surface area contributed by atoms with Crippen LogP contribution in [-0.4, -0.2) is 10.2 Å². The van der Waals surface area contributed by atoms with E-state index in [9.17, 15) is 10.2 Å². The maximum absolute atomic E-state index is 9.96. The molecule has 22 heavy (non-hydrogen) atoms. The molecule has 0 saturated heterocycles. The molecular weight excluding hydrogens is 408 g/mol. The Hall–Kier alpha value is -1.00. The predicted molar refractivity (Wildman–Crippen MR) is 97.7 cm³/mol. The number of phenolic OH excluding ortho intramolecular Hbond substituents is 2. The van der Waals surface area contributed by atoms with Crippen molar-refractivity contribution in [2.24, 2.45) is 0 Å². The molecule has 2 N–H and O–H groups in total. The first kappa shape index (κ1) is 17.4. The van der Waals surface area contributed by atoms with Crippen LogP contribution in [0, 0.1) is 0 Å². The number of hydrogen-bond donors (Lipinski definition) is 2. The summed E-state index contributed by atoms with van der Waals surface area (Å²) >= 11 is 6.66. The summed E-state index contributed by atoms with van der Waals surface area (Å²) in [5, 5.41) is 19.9. The van der Waals surface area contributed by atoms with E-state index in [1.54, 1.807) is 0 Å². The zero-order chi connectivity index (χ0) is 16.3. The van der Waals surface area contributed by atoms with Crippen molar-refractivity contribution in [1.29, 1.82) is 0 Å². The average molecular weight is 428 g/mol. The lowest BCUT2D eigenvalue weighted by atomic mass is 9.78. The number of phenols is 2. The van der Waals surface area contributed by atoms with Gasteiger partial charge in [-0.25, -0.2) is 0 Å². The first-order valence-corrected chi connectivity index (χ1v) is 9.03. The standard InChI is InChI=1S/C18H20Br2O2/c1-3-13(11-5-7-15(19)17(21)9-11)14(4-2)12-6-8-16(20)18(22)10-12/h5-10,13-14,21-22H,3-4H2,1-2H3. The minimum absolute atomic E-state index is 0.268. The normalized spacial score (nSPS) is 13.8. The molecule has 0 fully saturated rings. The number of aromatic hydroxyl groups is 2. The van der Waals surface area contributed by atoms with E-state index in [2.05, 4.69) is 57.8 Å². The fourth-order valence-electron chi connectivity index (χ4n) is 3.03. The van der Waals surface area contributed by atoms with E-state index in [4.69, 9.17) is 0 Å². The van der Waals surface area contributed by atoms with E-state index >= 15 is 0 Å². The summed E-state index contributed by atoms with van der Waals surface area (Å²) in [6.45, 7) is 4.32. The smallest absolute Gasteiger partial charge is 0.130 e. The minimum Gasteiger partial charge on any atom is -0.507 e. The van der Waals surface area contributed by atoms with Crippen molar-refractivity contribution in [1.82, 2.24) is 0 Å². The van der Waals surface area contributed by atoms with E-state index < -0.39 is 0 Å². The molecular formula is C18H20Br2O2. The molecule has 0 aliphatic heterocycles. The molecule has 0 radical (unpaired) electrons. The lowest BCUT2D eigenvalue weighted by molar-refractivity contribution is 0.459. The molecule has 0 aliphatic carbocycles. The van der Waals surface area contributed by atoms with Crippen molar-refractivity contribution in [3.8, 4) is 11.5 Å². The molecule has 2 atom stereocenters. The minimum atomic E-state index is 0.268. The molecule has 0 aliphatic rings. The molecule has 0 bridgehead atoms. The second kappa shape index (κ2) is 7.51. The molecule has 2 rings (SSSR count). The average Bonchev–Trinajstić information content (AvgIpc) is 2.50. The molecule has 0 heterocycles. The second-order valence-corrected chi connectivity index (χ2v) is 7.16. The zero-order valence-corrected chi connectivity index (χ0v) is 15.9. The van der Waals surface area contributed by atoms with Crippen LogP contribution in [0.15, 0.2) is 45.3 Å². The molecule has 0 amide bonds. The van der Waals surface area contributed by atoms with Gasteiger partial charge in [-0.1, -0.05) is 26.0 Å². The maximum atomic E-state index is 9.96. The third-order valence-electron chi connectivity index (χ3n) is 4.16. The van der Waals surface area contributed by atoms with Gasteiger partial charge in [0.2, 0.25) is 0 Å². The van der Waals surface area contributed by atoms with Crippen LogP contribution in [0.1, 0.15) is 49.7 Å². The number of hydrogen-bond acceptors (Lipinski definition) is 2. The molecule has 0 spiro atoms. The highest BCUT2D eigenvalue weighted by molar-refractivity contribution is 9.10. The van der Waals surface area contributed by atoms with Crippen LogP contribution in [0.4, 0.5) is 0 Å². The Kier molecular flexibility index (Phi) is 5.93. The molecule has 118 valence electrons. The van der Waals surface area contributed by atoms with E-state index in [1.165, 1.54) is 0 Å². The Morgan fingerprint density at radius 1 is 0.773 bits per heavy atom. The second-order valence-electron chi connectivity index (χ2n) is 5.45. The Morgan fingerprint density at radius 2 is 1.14 bits per heavy atom. The van der Waals surface area contributed by atoms with Crippen molar-refractivity contribution in [2.45, 2.75) is 38.5 Å². The highest BCUT2D eigenvalue weighted by Crippen LogP contribution is 2.41. The summed E-state index contributed by atoms with van der Waals surface area (Å²) in [5.41, 5.74) is 2.25. The van der Waals surface area contributed by atoms with Crippen molar-refractivity contribution >= 4 is 31.9 Å². The summed E-state index contributed by atoms with van der Waals surface area (Å²) in [6, 6.07) is 11.6. The third-order valence-corrected chi connectivity index (χ3v) is 5.50. The first-order valence-electron chi connectivity index (χ1n) is 7.44. The van der Waals surface area contributed by atoms with Gasteiger partial charge in [-0.2, -0.15) is 0 Å². The molecule has 2 unspecified atom stereocenters. The van der Waals surface area contributed by atoms with Gasteiger partial charge in [-0.15, -0.1) is 0 Å². The van der Waals surface area contributed by atoms with E-state index in [0.717, 1.165) is 24.0 Å². The molecule has 2 aromatic rings. The number of halogens is 2. The van der Waals surface area contributed by atoms with Crippen molar-refractivity contribution in [3.05, 3.63) is 56.5 Å². The van der Waals surface area contributed by atoms with Gasteiger partial charge in [-0.05, 0) is 91.9 Å². The SMILES string of the molecule is CCC(c1ccc(Br)c(O)c1)C(CC)c1ccc(Br)c(O)c1. The summed E-state index contributed by atoms with van der Waals surface area (Å²) in [7, 11) is 0. The van der Waals surface area contributed by atoms with Gasteiger partial charge in [-0.3, -0.25) is 0 Å². The van der Waals surface area contributed by atoms with Crippen molar-refractivity contribution in [2.75, 3.05) is 0 Å². The van der Waals surface area contributed by atoms with Crippen LogP contribution >= 0.6 is 31.9 Å². The van der Waals surface area contributed by atoms with Gasteiger partial charge >= 0.3 is 0 Å². The fourth-order valence-corrected chi connectivity index (χ4v) is 3.52. The van der Waals surface area contributed by atoms with Gasteiger partial charge in [0, 0.05) is 0 Å². The van der Waals surface area contributed by atoms with Crippen molar-refractivity contribution in [3.63, 3.8) is 0 Å². The summed E-state index contributed by atoms with van der Waals surface area (Å²) < 4.78 is 1.42. The Morgan fingerprint density at radius 3 is 1.41 bits per heavy atom. The fraction of sp³-hybridized carbons (Fsp3) is 0.333. The maximum Gasteiger partial charge on any atom is 0.130 e. The molecule has 4 heteroatoms. The topological polar surface area (TPSA) is 40.5 Å². The highest BCUT2D eigenvalue weighted by atomic mass is 79.9. The number of benzene rings is 2. The Labute approximate surface area is 148 Å². The quantitative estimate of drug-likeness (QED) is 0.586. The molecule has 0 aromatic heterocycles. The van der Waals surface area contributed by atoms with Crippen LogP contribution in [0.25, 0.3) is 0 Å². The van der Waals surface area contributed by atoms with Crippen LogP contribution < -0.4 is 0 Å². The van der Waals surface area contributed by atoms with Gasteiger partial charge in [0.25, 0.3) is 0 Å². The predicted octanol–water partition coefficient (Wildman–Crippen LogP) is 6.31. The summed E-state index contributed by atoms with van der Waals surface area (Å²) in [5.74, 6) is 1.13. The van der Waals surface area contributed by atoms with Crippen molar-refractivity contribution < 1.29 is 10.2 Å². The summed E-state index contributed by atoms with van der Waals surface area (Å²) in [4.78, 5) is 0. The van der Waals surface area contributed by atoms with E-state index in [-0.39, 0.29) is 11.5 Å². The Balaban J connectivity index is 2.41. The lowest BCUT2D eigenvalue weighted by Gasteiger charge is -2.27. The molecule has 2 nitrogen and oxygen atoms in total. The monoisotopic (exact) mass is 426 g/mol. The van der Waals surface area contributed by atoms with Gasteiger partial charge in [0.1, 0.15) is 11.5 Å². The van der Waals surface area contributed by atoms with Crippen LogP contribution in [0.2, 0.25) is 0 Å². The molecule has 2 aromatic carbocycles.